The minimum absolute atomic E-state index is 0.140. The van der Waals surface area contributed by atoms with Crippen LogP contribution in [-0.2, 0) is 6.42 Å². The molecule has 0 saturated heterocycles. The second-order valence-electron chi connectivity index (χ2n) is 7.62. The van der Waals surface area contributed by atoms with Crippen molar-refractivity contribution in [1.82, 2.24) is 15.1 Å². The van der Waals surface area contributed by atoms with Crippen LogP contribution in [0, 0.1) is 6.92 Å². The summed E-state index contributed by atoms with van der Waals surface area (Å²) >= 11 is 0. The van der Waals surface area contributed by atoms with Gasteiger partial charge in [0.05, 0.1) is 17.6 Å². The topological polar surface area (TPSA) is 73.2 Å². The Kier molecular flexibility index (Phi) is 5.65. The Morgan fingerprint density at radius 3 is 2.63 bits per heavy atom. The van der Waals surface area contributed by atoms with Crippen molar-refractivity contribution in [1.29, 1.82) is 0 Å². The predicted molar refractivity (Wildman–Crippen MR) is 114 cm³/mol. The van der Waals surface area contributed by atoms with Gasteiger partial charge in [-0.05, 0) is 56.0 Å². The van der Waals surface area contributed by atoms with Crippen LogP contribution in [0.2, 0.25) is 0 Å². The molecule has 0 unspecified atom stereocenters. The number of para-hydroxylation sites is 1. The number of rotatable bonds is 7. The van der Waals surface area contributed by atoms with E-state index in [-0.39, 0.29) is 11.9 Å². The van der Waals surface area contributed by atoms with E-state index in [4.69, 9.17) is 4.74 Å². The highest BCUT2D eigenvalue weighted by atomic mass is 16.5. The van der Waals surface area contributed by atoms with Gasteiger partial charge >= 0.3 is 5.97 Å². The molecule has 0 spiro atoms. The third-order valence-electron chi connectivity index (χ3n) is 5.14. The van der Waals surface area contributed by atoms with Gasteiger partial charge in [0.25, 0.3) is 5.91 Å². The summed E-state index contributed by atoms with van der Waals surface area (Å²) in [6, 6.07) is 15.2. The number of carbonyl (C=O) groups excluding carboxylic acids is 2. The van der Waals surface area contributed by atoms with Crippen LogP contribution in [0.25, 0.3) is 5.69 Å². The fourth-order valence-electron chi connectivity index (χ4n) is 3.32. The summed E-state index contributed by atoms with van der Waals surface area (Å²) in [5, 5.41) is 7.38. The molecule has 0 bridgehead atoms. The first-order chi connectivity index (χ1) is 14.6. The fraction of sp³-hybridized carbons (Fsp3) is 0.292. The van der Waals surface area contributed by atoms with E-state index in [2.05, 4.69) is 17.3 Å². The van der Waals surface area contributed by atoms with Crippen LogP contribution >= 0.6 is 0 Å². The molecule has 30 heavy (non-hydrogen) atoms. The quantitative estimate of drug-likeness (QED) is 0.473. The highest BCUT2D eigenvalue weighted by molar-refractivity contribution is 5.96. The molecule has 4 rings (SSSR count). The zero-order valence-corrected chi connectivity index (χ0v) is 17.2. The van der Waals surface area contributed by atoms with Crippen LogP contribution in [0.3, 0.4) is 0 Å². The average Bonchev–Trinajstić information content (AvgIpc) is 3.47. The molecule has 1 amide bonds. The molecule has 6 heteroatoms. The van der Waals surface area contributed by atoms with Crippen molar-refractivity contribution in [2.45, 2.75) is 45.6 Å². The molecule has 0 atom stereocenters. The van der Waals surface area contributed by atoms with Crippen molar-refractivity contribution in [3.8, 4) is 11.4 Å². The van der Waals surface area contributed by atoms with Crippen LogP contribution in [0.5, 0.6) is 5.75 Å². The van der Waals surface area contributed by atoms with Gasteiger partial charge in [-0.1, -0.05) is 37.6 Å². The summed E-state index contributed by atoms with van der Waals surface area (Å²) in [6.45, 7) is 3.91. The lowest BCUT2D eigenvalue weighted by Gasteiger charge is -2.11. The van der Waals surface area contributed by atoms with Gasteiger partial charge in [-0.15, -0.1) is 0 Å². The number of aromatic nitrogens is 2. The van der Waals surface area contributed by atoms with E-state index < -0.39 is 5.97 Å². The maximum Gasteiger partial charge on any atom is 0.347 e. The van der Waals surface area contributed by atoms with E-state index in [1.165, 1.54) is 0 Å². The van der Waals surface area contributed by atoms with Crippen LogP contribution in [0.1, 0.15) is 58.2 Å². The highest BCUT2D eigenvalue weighted by Crippen LogP contribution is 2.24. The van der Waals surface area contributed by atoms with Gasteiger partial charge in [-0.25, -0.2) is 9.48 Å². The molecule has 1 aromatic heterocycles. The van der Waals surface area contributed by atoms with E-state index >= 15 is 0 Å². The number of benzene rings is 2. The summed E-state index contributed by atoms with van der Waals surface area (Å²) < 4.78 is 7.49. The Morgan fingerprint density at radius 1 is 1.17 bits per heavy atom. The van der Waals surface area contributed by atoms with E-state index in [1.807, 2.05) is 37.3 Å². The van der Waals surface area contributed by atoms with Crippen LogP contribution < -0.4 is 10.1 Å². The molecule has 1 aliphatic rings. The third kappa shape index (κ3) is 4.27. The zero-order valence-electron chi connectivity index (χ0n) is 17.2. The molecular formula is C24H25N3O3. The first-order valence-electron chi connectivity index (χ1n) is 10.3. The molecule has 0 aliphatic heterocycles. The first kappa shape index (κ1) is 19.9. The summed E-state index contributed by atoms with van der Waals surface area (Å²) in [4.78, 5) is 25.3. The number of hydrogen-bond acceptors (Lipinski definition) is 4. The van der Waals surface area contributed by atoms with Crippen molar-refractivity contribution >= 4 is 11.9 Å². The Hall–Kier alpha value is -3.41. The third-order valence-corrected chi connectivity index (χ3v) is 5.14. The molecule has 3 aromatic rings. The molecule has 154 valence electrons. The summed E-state index contributed by atoms with van der Waals surface area (Å²) in [5.41, 5.74) is 3.43. The highest BCUT2D eigenvalue weighted by Gasteiger charge is 2.25. The molecular weight excluding hydrogens is 378 g/mol. The molecule has 6 nitrogen and oxygen atoms in total. The maximum atomic E-state index is 13.0. The van der Waals surface area contributed by atoms with Gasteiger partial charge in [0.15, 0.2) is 0 Å². The second-order valence-corrected chi connectivity index (χ2v) is 7.62. The van der Waals surface area contributed by atoms with Crippen LogP contribution in [0.15, 0.2) is 54.7 Å². The minimum atomic E-state index is -0.469. The number of ether oxygens (including phenoxy) is 1. The molecule has 1 fully saturated rings. The Morgan fingerprint density at radius 2 is 1.93 bits per heavy atom. The Labute approximate surface area is 175 Å². The second kappa shape index (κ2) is 8.53. The molecule has 0 radical (unpaired) electrons. The van der Waals surface area contributed by atoms with Crippen molar-refractivity contribution in [3.63, 3.8) is 0 Å². The van der Waals surface area contributed by atoms with E-state index in [0.717, 1.165) is 36.2 Å². The average molecular weight is 403 g/mol. The van der Waals surface area contributed by atoms with Crippen molar-refractivity contribution in [3.05, 3.63) is 77.1 Å². The van der Waals surface area contributed by atoms with E-state index in [9.17, 15) is 9.59 Å². The van der Waals surface area contributed by atoms with Gasteiger partial charge in [0.1, 0.15) is 11.3 Å². The van der Waals surface area contributed by atoms with Gasteiger partial charge < -0.3 is 10.1 Å². The number of carbonyl (C=O) groups is 2. The van der Waals surface area contributed by atoms with Gasteiger partial charge in [0, 0.05) is 11.6 Å². The Balaban J connectivity index is 1.59. The molecule has 1 heterocycles. The van der Waals surface area contributed by atoms with Crippen LogP contribution in [-0.4, -0.2) is 27.7 Å². The lowest BCUT2D eigenvalue weighted by molar-refractivity contribution is 0.0731. The maximum absolute atomic E-state index is 13.0. The molecule has 2 aromatic carbocycles. The number of nitrogens with zero attached hydrogens (tertiary/aromatic N) is 2. The lowest BCUT2D eigenvalue weighted by Crippen LogP contribution is -2.25. The number of nitrogens with one attached hydrogen (secondary N) is 1. The summed E-state index contributed by atoms with van der Waals surface area (Å²) in [5.74, 6) is -0.222. The van der Waals surface area contributed by atoms with Gasteiger partial charge in [-0.3, -0.25) is 4.79 Å². The number of hydrogen-bond donors (Lipinski definition) is 1. The Bertz CT molecular complexity index is 1070. The largest absolute Gasteiger partial charge is 0.423 e. The van der Waals surface area contributed by atoms with Crippen molar-refractivity contribution in [2.24, 2.45) is 0 Å². The smallest absolute Gasteiger partial charge is 0.347 e. The number of aryl methyl sites for hydroxylation is 1. The number of amides is 1. The first-order valence-corrected chi connectivity index (χ1v) is 10.3. The van der Waals surface area contributed by atoms with Gasteiger partial charge in [0.2, 0.25) is 0 Å². The zero-order chi connectivity index (χ0) is 21.1. The minimum Gasteiger partial charge on any atom is -0.423 e. The summed E-state index contributed by atoms with van der Waals surface area (Å²) in [7, 11) is 0. The van der Waals surface area contributed by atoms with Gasteiger partial charge in [-0.2, -0.15) is 5.10 Å². The van der Waals surface area contributed by atoms with E-state index in [0.29, 0.717) is 23.3 Å². The molecule has 1 aliphatic carbocycles. The standard InChI is InChI=1S/C24H25N3O3/c1-3-7-21-20(15-25-27(21)19-8-5-4-6-9-19)24(29)30-22-14-17(11-10-16(22)2)23(28)26-18-12-13-18/h4-6,8-11,14-15,18H,3,7,12-13H2,1-2H3,(H,26,28). The fourth-order valence-corrected chi connectivity index (χ4v) is 3.32. The van der Waals surface area contributed by atoms with E-state index in [1.54, 1.807) is 29.1 Å². The lowest BCUT2D eigenvalue weighted by atomic mass is 10.1. The molecule has 1 N–H and O–H groups in total. The number of esters is 1. The van der Waals surface area contributed by atoms with Crippen molar-refractivity contribution in [2.75, 3.05) is 0 Å². The van der Waals surface area contributed by atoms with Crippen molar-refractivity contribution < 1.29 is 14.3 Å². The monoisotopic (exact) mass is 403 g/mol. The van der Waals surface area contributed by atoms with Crippen LogP contribution in [0.4, 0.5) is 0 Å². The summed E-state index contributed by atoms with van der Waals surface area (Å²) in [6.07, 6.45) is 5.16. The predicted octanol–water partition coefficient (Wildman–Crippen LogP) is 4.24. The SMILES string of the molecule is CCCc1c(C(=O)Oc2cc(C(=O)NC3CC3)ccc2C)cnn1-c1ccccc1. The normalized spacial score (nSPS) is 13.1. The molecule has 1 saturated carbocycles.